The van der Waals surface area contributed by atoms with E-state index in [9.17, 15) is 0 Å². The SMILES string of the molecule is CC(C)[CH2][Al][c]1ccccc1.O=PO. The summed E-state index contributed by atoms with van der Waals surface area (Å²) in [7, 11) is -0.833. The predicted molar refractivity (Wildman–Crippen MR) is 61.3 cm³/mol. The van der Waals surface area contributed by atoms with Crippen molar-refractivity contribution in [2.24, 2.45) is 5.92 Å². The van der Waals surface area contributed by atoms with Crippen molar-refractivity contribution >= 4 is 28.3 Å². The first-order chi connectivity index (χ1) is 6.70. The lowest BCUT2D eigenvalue weighted by Crippen LogP contribution is -2.14. The van der Waals surface area contributed by atoms with E-state index in [0.717, 1.165) is 5.92 Å². The van der Waals surface area contributed by atoms with E-state index >= 15 is 0 Å². The first-order valence-electron chi connectivity index (χ1n) is 4.55. The van der Waals surface area contributed by atoms with Crippen LogP contribution in [-0.4, -0.2) is 20.1 Å². The van der Waals surface area contributed by atoms with Crippen LogP contribution in [0.1, 0.15) is 13.8 Å². The third kappa shape index (κ3) is 8.41. The predicted octanol–water partition coefficient (Wildman–Crippen LogP) is 2.28. The van der Waals surface area contributed by atoms with Gasteiger partial charge in [0.1, 0.15) is 0 Å². The number of hydrogen-bond acceptors (Lipinski definition) is 1. The highest BCUT2D eigenvalue weighted by atomic mass is 31.1. The Morgan fingerprint density at radius 2 is 1.86 bits per heavy atom. The molecule has 0 heterocycles. The van der Waals surface area contributed by atoms with Crippen LogP contribution >= 0.6 is 8.69 Å². The van der Waals surface area contributed by atoms with Gasteiger partial charge < -0.3 is 4.89 Å². The summed E-state index contributed by atoms with van der Waals surface area (Å²) >= 11 is 0.513. The molecule has 1 N–H and O–H groups in total. The molecule has 0 atom stereocenters. The van der Waals surface area contributed by atoms with Gasteiger partial charge in [-0.1, -0.05) is 55.4 Å². The third-order valence-corrected chi connectivity index (χ3v) is 3.66. The molecule has 0 aromatic heterocycles. The highest BCUT2D eigenvalue weighted by Gasteiger charge is 1.97. The summed E-state index contributed by atoms with van der Waals surface area (Å²) in [5.74, 6) is 0.852. The Balaban J connectivity index is 0.000000500. The van der Waals surface area contributed by atoms with E-state index in [1.165, 1.54) is 5.28 Å². The molecule has 75 valence electrons. The zero-order valence-electron chi connectivity index (χ0n) is 8.55. The maximum Gasteiger partial charge on any atom is 0.324 e. The van der Waals surface area contributed by atoms with Crippen molar-refractivity contribution < 1.29 is 9.46 Å². The molecule has 0 bridgehead atoms. The minimum Gasteiger partial charge on any atom is -0.310 e. The van der Waals surface area contributed by atoms with Gasteiger partial charge in [-0.05, 0) is 0 Å². The normalized spacial score (nSPS) is 9.43. The number of rotatable bonds is 3. The van der Waals surface area contributed by atoms with Crippen LogP contribution in [0.5, 0.6) is 0 Å². The van der Waals surface area contributed by atoms with E-state index in [2.05, 4.69) is 44.2 Å². The molecule has 1 radical (unpaired) electrons. The fourth-order valence-corrected chi connectivity index (χ4v) is 2.20. The molecule has 1 rings (SSSR count). The van der Waals surface area contributed by atoms with E-state index in [1.54, 1.807) is 4.43 Å². The minimum absolute atomic E-state index is 0.513. The van der Waals surface area contributed by atoms with Crippen LogP contribution in [0, 0.1) is 5.92 Å². The van der Waals surface area contributed by atoms with Crippen molar-refractivity contribution in [3.63, 3.8) is 0 Å². The van der Waals surface area contributed by atoms with Gasteiger partial charge in [-0.15, -0.1) is 4.43 Å². The van der Waals surface area contributed by atoms with Crippen LogP contribution in [0.25, 0.3) is 0 Å². The van der Waals surface area contributed by atoms with Crippen molar-refractivity contribution in [2.45, 2.75) is 19.1 Å². The summed E-state index contributed by atoms with van der Waals surface area (Å²) in [6.07, 6.45) is 0. The summed E-state index contributed by atoms with van der Waals surface area (Å²) < 4.78 is 10.0. The van der Waals surface area contributed by atoms with E-state index in [4.69, 9.17) is 9.46 Å². The molecule has 1 aromatic carbocycles. The Labute approximate surface area is 93.4 Å². The van der Waals surface area contributed by atoms with Gasteiger partial charge in [0, 0.05) is 0 Å². The van der Waals surface area contributed by atoms with Crippen LogP contribution < -0.4 is 4.43 Å². The van der Waals surface area contributed by atoms with Gasteiger partial charge in [0.25, 0.3) is 15.2 Å². The molecule has 0 unspecified atom stereocenters. The molecule has 0 spiro atoms. The molecule has 14 heavy (non-hydrogen) atoms. The van der Waals surface area contributed by atoms with E-state index in [0.29, 0.717) is 15.2 Å². The molecule has 0 saturated heterocycles. The maximum absolute atomic E-state index is 8.46. The number of benzene rings is 1. The van der Waals surface area contributed by atoms with Crippen molar-refractivity contribution in [1.29, 1.82) is 0 Å². The highest BCUT2D eigenvalue weighted by Crippen LogP contribution is 1.98. The lowest BCUT2D eigenvalue weighted by atomic mass is 10.3. The lowest BCUT2D eigenvalue weighted by molar-refractivity contribution is 0.524. The zero-order valence-corrected chi connectivity index (χ0v) is 10.6. The lowest BCUT2D eigenvalue weighted by Gasteiger charge is -2.01. The Morgan fingerprint density at radius 1 is 1.36 bits per heavy atom. The average molecular weight is 225 g/mol. The molecule has 0 fully saturated rings. The van der Waals surface area contributed by atoms with Crippen LogP contribution in [0.4, 0.5) is 0 Å². The minimum atomic E-state index is -0.833. The monoisotopic (exact) mass is 225 g/mol. The van der Waals surface area contributed by atoms with Gasteiger partial charge in [0.05, 0.1) is 0 Å². The topological polar surface area (TPSA) is 37.3 Å². The molecule has 0 aliphatic carbocycles. The summed E-state index contributed by atoms with van der Waals surface area (Å²) in [6, 6.07) is 10.8. The van der Waals surface area contributed by atoms with Crippen LogP contribution in [0.15, 0.2) is 30.3 Å². The first-order valence-corrected chi connectivity index (χ1v) is 6.71. The Morgan fingerprint density at radius 3 is 2.29 bits per heavy atom. The second-order valence-electron chi connectivity index (χ2n) is 3.33. The number of hydrogen-bond donors (Lipinski definition) is 1. The van der Waals surface area contributed by atoms with Crippen molar-refractivity contribution in [3.8, 4) is 0 Å². The molecular weight excluding hydrogens is 210 g/mol. The summed E-state index contributed by atoms with van der Waals surface area (Å²) in [5, 5.41) is 1.38. The molecule has 0 aliphatic rings. The quantitative estimate of drug-likeness (QED) is 0.633. The van der Waals surface area contributed by atoms with Crippen molar-refractivity contribution in [2.75, 3.05) is 0 Å². The van der Waals surface area contributed by atoms with Gasteiger partial charge in [0.2, 0.25) is 0 Å². The van der Waals surface area contributed by atoms with Crippen molar-refractivity contribution in [3.05, 3.63) is 30.3 Å². The van der Waals surface area contributed by atoms with Gasteiger partial charge in [0.15, 0.2) is 0 Å². The Hall–Kier alpha value is -0.188. The maximum atomic E-state index is 8.46. The second kappa shape index (κ2) is 9.37. The highest BCUT2D eigenvalue weighted by molar-refractivity contribution is 7.16. The van der Waals surface area contributed by atoms with Crippen LogP contribution in [0.3, 0.4) is 0 Å². The molecule has 1 aromatic rings. The second-order valence-corrected chi connectivity index (χ2v) is 5.04. The summed E-state index contributed by atoms with van der Waals surface area (Å²) in [6.45, 7) is 4.58. The van der Waals surface area contributed by atoms with Gasteiger partial charge >= 0.3 is 8.69 Å². The first kappa shape index (κ1) is 13.8. The van der Waals surface area contributed by atoms with E-state index in [1.807, 2.05) is 0 Å². The van der Waals surface area contributed by atoms with Crippen LogP contribution in [0.2, 0.25) is 5.28 Å². The average Bonchev–Trinajstić information content (AvgIpc) is 2.18. The molecule has 0 aliphatic heterocycles. The van der Waals surface area contributed by atoms with Gasteiger partial charge in [-0.3, -0.25) is 0 Å². The third-order valence-electron chi connectivity index (χ3n) is 1.62. The molecular formula is C10H15AlO2P. The van der Waals surface area contributed by atoms with Crippen molar-refractivity contribution in [1.82, 2.24) is 0 Å². The smallest absolute Gasteiger partial charge is 0.310 e. The zero-order chi connectivity index (χ0) is 10.8. The van der Waals surface area contributed by atoms with Gasteiger partial charge in [-0.2, -0.15) is 0 Å². The Kier molecular flexibility index (Phi) is 9.25. The Bertz CT molecular complexity index is 239. The van der Waals surface area contributed by atoms with E-state index < -0.39 is 8.69 Å². The summed E-state index contributed by atoms with van der Waals surface area (Å²) in [5.41, 5.74) is 0. The van der Waals surface area contributed by atoms with Crippen LogP contribution in [-0.2, 0) is 4.57 Å². The van der Waals surface area contributed by atoms with Gasteiger partial charge in [-0.25, -0.2) is 4.57 Å². The molecule has 2 nitrogen and oxygen atoms in total. The van der Waals surface area contributed by atoms with E-state index in [-0.39, 0.29) is 0 Å². The molecule has 0 amide bonds. The summed E-state index contributed by atoms with van der Waals surface area (Å²) in [4.78, 5) is 6.99. The fourth-order valence-electron chi connectivity index (χ4n) is 0.961. The molecule has 4 heteroatoms. The molecule has 0 saturated carbocycles. The largest absolute Gasteiger partial charge is 0.324 e. The standard InChI is InChI=1S/C6H5.C4H9.Al.HO2P/c1-2-4-6-5-3-1;1-4(2)3;;1-3-2/h1-5H;4H,1H2,2-3H3;;(H,1,2). The fraction of sp³-hybridized carbons (Fsp3) is 0.400.